The molecule has 0 amide bonds. The summed E-state index contributed by atoms with van der Waals surface area (Å²) in [6, 6.07) is 11.4. The molecule has 0 bridgehead atoms. The molecule has 3 atom stereocenters. The number of para-hydroxylation sites is 1. The summed E-state index contributed by atoms with van der Waals surface area (Å²) >= 11 is 6.32. The molecule has 3 unspecified atom stereocenters. The summed E-state index contributed by atoms with van der Waals surface area (Å²) in [7, 11) is 1.86. The van der Waals surface area contributed by atoms with Crippen molar-refractivity contribution in [3.63, 3.8) is 0 Å². The molecule has 1 aliphatic heterocycles. The van der Waals surface area contributed by atoms with Crippen LogP contribution in [0.25, 0.3) is 5.69 Å². The Morgan fingerprint density at radius 2 is 2.11 bits per heavy atom. The molecule has 1 aromatic heterocycles. The van der Waals surface area contributed by atoms with Gasteiger partial charge in [0, 0.05) is 19.6 Å². The molecular formula is C18H22ClN7O. The van der Waals surface area contributed by atoms with Crippen molar-refractivity contribution in [1.29, 1.82) is 5.26 Å². The molecule has 1 aliphatic rings. The third-order valence-electron chi connectivity index (χ3n) is 4.73. The Hall–Kier alpha value is -2.44. The zero-order chi connectivity index (χ0) is 19.4. The van der Waals surface area contributed by atoms with Crippen molar-refractivity contribution in [3.8, 4) is 11.8 Å². The van der Waals surface area contributed by atoms with E-state index in [-0.39, 0.29) is 28.7 Å². The molecular weight excluding hydrogens is 366 g/mol. The van der Waals surface area contributed by atoms with Crippen molar-refractivity contribution < 1.29 is 0 Å². The van der Waals surface area contributed by atoms with Gasteiger partial charge < -0.3 is 10.6 Å². The Morgan fingerprint density at radius 1 is 1.37 bits per heavy atom. The number of nitrogens with two attached hydrogens (primary N) is 1. The molecule has 0 saturated carbocycles. The highest BCUT2D eigenvalue weighted by atomic mass is 35.5. The van der Waals surface area contributed by atoms with E-state index in [9.17, 15) is 10.1 Å². The molecule has 0 aliphatic carbocycles. The van der Waals surface area contributed by atoms with Gasteiger partial charge in [-0.25, -0.2) is 5.43 Å². The highest BCUT2D eigenvalue weighted by Gasteiger charge is 2.33. The van der Waals surface area contributed by atoms with E-state index < -0.39 is 0 Å². The minimum Gasteiger partial charge on any atom is -0.372 e. The van der Waals surface area contributed by atoms with Gasteiger partial charge in [0.1, 0.15) is 5.02 Å². The van der Waals surface area contributed by atoms with Crippen molar-refractivity contribution in [2.75, 3.05) is 18.5 Å². The van der Waals surface area contributed by atoms with Gasteiger partial charge in [0.25, 0.3) is 5.56 Å². The Bertz CT molecular complexity index is 880. The summed E-state index contributed by atoms with van der Waals surface area (Å²) in [6.45, 7) is 0.668. The number of nitrogens with one attached hydrogen (secondary N) is 2. The van der Waals surface area contributed by atoms with Crippen molar-refractivity contribution in [2.24, 2.45) is 11.7 Å². The Morgan fingerprint density at radius 3 is 2.81 bits per heavy atom. The van der Waals surface area contributed by atoms with Gasteiger partial charge in [-0.3, -0.25) is 10.2 Å². The molecule has 142 valence electrons. The van der Waals surface area contributed by atoms with Crippen molar-refractivity contribution in [3.05, 3.63) is 51.9 Å². The summed E-state index contributed by atoms with van der Waals surface area (Å²) in [5.74, 6) is -0.268. The van der Waals surface area contributed by atoms with Crippen LogP contribution in [-0.2, 0) is 0 Å². The lowest BCUT2D eigenvalue weighted by Gasteiger charge is -2.21. The van der Waals surface area contributed by atoms with Crippen LogP contribution >= 0.6 is 11.6 Å². The van der Waals surface area contributed by atoms with Crippen LogP contribution in [0.4, 0.5) is 5.69 Å². The number of anilines is 1. The molecule has 27 heavy (non-hydrogen) atoms. The zero-order valence-corrected chi connectivity index (χ0v) is 15.7. The van der Waals surface area contributed by atoms with Gasteiger partial charge in [0.2, 0.25) is 0 Å². The lowest BCUT2D eigenvalue weighted by molar-refractivity contribution is 0.464. The second-order valence-electron chi connectivity index (χ2n) is 6.54. The van der Waals surface area contributed by atoms with Crippen LogP contribution in [0, 0.1) is 17.2 Å². The fourth-order valence-electron chi connectivity index (χ4n) is 3.17. The minimum atomic E-state index is -0.359. The molecule has 3 rings (SSSR count). The van der Waals surface area contributed by atoms with Crippen LogP contribution in [-0.4, -0.2) is 35.6 Å². The van der Waals surface area contributed by atoms with Gasteiger partial charge in [-0.15, -0.1) is 0 Å². The third kappa shape index (κ3) is 4.12. The Labute approximate surface area is 162 Å². The van der Waals surface area contributed by atoms with E-state index in [1.54, 1.807) is 18.3 Å². The van der Waals surface area contributed by atoms with E-state index in [0.717, 1.165) is 12.8 Å². The molecule has 1 saturated heterocycles. The average Bonchev–Trinajstić information content (AvgIpc) is 3.04. The number of aromatic nitrogens is 2. The molecule has 8 nitrogen and oxygen atoms in total. The first-order valence-corrected chi connectivity index (χ1v) is 9.11. The fraction of sp³-hybridized carbons (Fsp3) is 0.389. The molecule has 1 fully saturated rings. The lowest BCUT2D eigenvalue weighted by atomic mass is 9.97. The molecule has 2 heterocycles. The summed E-state index contributed by atoms with van der Waals surface area (Å²) < 4.78 is 1.28. The van der Waals surface area contributed by atoms with Gasteiger partial charge in [-0.2, -0.15) is 15.0 Å². The van der Waals surface area contributed by atoms with E-state index in [4.69, 9.17) is 17.3 Å². The second kappa shape index (κ2) is 8.50. The molecule has 0 spiro atoms. The normalized spacial score (nSPS) is 21.8. The maximum absolute atomic E-state index is 12.6. The maximum atomic E-state index is 12.6. The van der Waals surface area contributed by atoms with E-state index in [1.807, 2.05) is 30.1 Å². The first-order valence-electron chi connectivity index (χ1n) is 8.73. The number of nitrogens with zero attached hydrogens (tertiary/aromatic N) is 4. The van der Waals surface area contributed by atoms with Gasteiger partial charge in [-0.05, 0) is 25.0 Å². The average molecular weight is 388 g/mol. The van der Waals surface area contributed by atoms with Crippen molar-refractivity contribution in [2.45, 2.75) is 25.0 Å². The van der Waals surface area contributed by atoms with E-state index in [1.165, 1.54) is 4.68 Å². The van der Waals surface area contributed by atoms with Crippen molar-refractivity contribution >= 4 is 17.3 Å². The first kappa shape index (κ1) is 19.3. The number of halogens is 1. The lowest BCUT2D eigenvalue weighted by Crippen LogP contribution is -2.38. The van der Waals surface area contributed by atoms with Crippen LogP contribution in [0.15, 0.2) is 41.3 Å². The summed E-state index contributed by atoms with van der Waals surface area (Å²) in [5, 5.41) is 13.6. The highest BCUT2D eigenvalue weighted by Crippen LogP contribution is 2.22. The zero-order valence-electron chi connectivity index (χ0n) is 15.0. The van der Waals surface area contributed by atoms with Crippen LogP contribution in [0.2, 0.25) is 5.02 Å². The topological polar surface area (TPSA) is 112 Å². The van der Waals surface area contributed by atoms with E-state index in [0.29, 0.717) is 17.9 Å². The van der Waals surface area contributed by atoms with Crippen LogP contribution in [0.1, 0.15) is 12.8 Å². The van der Waals surface area contributed by atoms with Gasteiger partial charge in [-0.1, -0.05) is 29.8 Å². The summed E-state index contributed by atoms with van der Waals surface area (Å²) in [6.07, 6.45) is 2.82. The second-order valence-corrected chi connectivity index (χ2v) is 6.91. The molecule has 9 heteroatoms. The first-order chi connectivity index (χ1) is 13.0. The molecule has 1 aromatic carbocycles. The predicted octanol–water partition coefficient (Wildman–Crippen LogP) is 1.00. The number of hydrazine groups is 1. The number of hydrogen-bond donors (Lipinski definition) is 3. The Kier molecular flexibility index (Phi) is 6.08. The summed E-state index contributed by atoms with van der Waals surface area (Å²) in [5.41, 5.74) is 12.7. The number of nitriles is 1. The standard InChI is InChI=1S/C18H22ClN7O/c1-25(9-5-8-14-13(10-20)17(21)24-23-14)15-11-22-26(18(27)16(15)19)12-6-3-2-4-7-12/h2-4,6-7,11,13-14,17,23-24H,5,8-9,21H2,1H3. The maximum Gasteiger partial charge on any atom is 0.292 e. The summed E-state index contributed by atoms with van der Waals surface area (Å²) in [4.78, 5) is 14.5. The van der Waals surface area contributed by atoms with E-state index in [2.05, 4.69) is 22.0 Å². The SMILES string of the molecule is CN(CCCC1NNC(N)C1C#N)c1cnn(-c2ccccc2)c(=O)c1Cl. The molecule has 0 radical (unpaired) electrons. The number of hydrogen-bond acceptors (Lipinski definition) is 7. The highest BCUT2D eigenvalue weighted by molar-refractivity contribution is 6.33. The van der Waals surface area contributed by atoms with Crippen LogP contribution in [0.3, 0.4) is 0 Å². The third-order valence-corrected chi connectivity index (χ3v) is 5.08. The van der Waals surface area contributed by atoms with Crippen LogP contribution in [0.5, 0.6) is 0 Å². The quantitative estimate of drug-likeness (QED) is 0.677. The van der Waals surface area contributed by atoms with Gasteiger partial charge >= 0.3 is 0 Å². The van der Waals surface area contributed by atoms with Gasteiger partial charge in [0.05, 0.1) is 35.7 Å². The van der Waals surface area contributed by atoms with E-state index >= 15 is 0 Å². The smallest absolute Gasteiger partial charge is 0.292 e. The predicted molar refractivity (Wildman–Crippen MR) is 104 cm³/mol. The van der Waals surface area contributed by atoms with Crippen LogP contribution < -0.4 is 27.0 Å². The Balaban J connectivity index is 1.65. The number of rotatable bonds is 6. The fourth-order valence-corrected chi connectivity index (χ4v) is 3.44. The molecule has 2 aromatic rings. The largest absolute Gasteiger partial charge is 0.372 e. The minimum absolute atomic E-state index is 0.00178. The van der Waals surface area contributed by atoms with Gasteiger partial charge in [0.15, 0.2) is 0 Å². The molecule has 4 N–H and O–H groups in total. The van der Waals surface area contributed by atoms with Crippen molar-refractivity contribution in [1.82, 2.24) is 20.6 Å². The monoisotopic (exact) mass is 387 g/mol. The number of benzene rings is 1.